The molecule has 1 N–H and O–H groups in total. The monoisotopic (exact) mass is 251 g/mol. The second kappa shape index (κ2) is 3.24. The number of nitrogens with zero attached hydrogens (tertiary/aromatic N) is 1. The second-order valence-corrected chi connectivity index (χ2v) is 4.23. The lowest BCUT2D eigenvalue weighted by atomic mass is 10.1. The number of fused-ring (bicyclic) bond motifs is 1. The van der Waals surface area contributed by atoms with Crippen molar-refractivity contribution in [1.29, 1.82) is 0 Å². The van der Waals surface area contributed by atoms with Crippen molar-refractivity contribution in [1.82, 2.24) is 4.98 Å². The molecule has 0 bridgehead atoms. The lowest BCUT2D eigenvalue weighted by Crippen LogP contribution is -1.87. The van der Waals surface area contributed by atoms with Crippen molar-refractivity contribution in [2.24, 2.45) is 0 Å². The molecule has 72 valence electrons. The van der Waals surface area contributed by atoms with Crippen LogP contribution in [-0.2, 0) is 0 Å². The van der Waals surface area contributed by atoms with Crippen molar-refractivity contribution in [3.05, 3.63) is 33.9 Å². The van der Waals surface area contributed by atoms with Crippen molar-refractivity contribution in [2.45, 2.75) is 13.8 Å². The summed E-state index contributed by atoms with van der Waals surface area (Å²) in [5, 5.41) is 10.8. The Labute approximate surface area is 90.7 Å². The van der Waals surface area contributed by atoms with Crippen LogP contribution >= 0.6 is 15.9 Å². The van der Waals surface area contributed by atoms with Gasteiger partial charge in [0.15, 0.2) is 5.75 Å². The predicted octanol–water partition coefficient (Wildman–Crippen LogP) is 3.32. The molecule has 1 aromatic heterocycles. The Bertz CT molecular complexity index is 508. The van der Waals surface area contributed by atoms with Crippen LogP contribution in [0.2, 0.25) is 0 Å². The van der Waals surface area contributed by atoms with E-state index in [4.69, 9.17) is 0 Å². The van der Waals surface area contributed by atoms with Gasteiger partial charge in [0.05, 0.1) is 4.47 Å². The topological polar surface area (TPSA) is 33.1 Å². The maximum atomic E-state index is 9.80. The van der Waals surface area contributed by atoms with Crippen LogP contribution in [0.3, 0.4) is 0 Å². The second-order valence-electron chi connectivity index (χ2n) is 3.37. The smallest absolute Gasteiger partial charge is 0.156 e. The normalized spacial score (nSPS) is 10.8. The van der Waals surface area contributed by atoms with E-state index in [1.54, 1.807) is 0 Å². The number of phenols is 1. The van der Waals surface area contributed by atoms with E-state index < -0.39 is 0 Å². The van der Waals surface area contributed by atoms with Crippen molar-refractivity contribution in [3.63, 3.8) is 0 Å². The molecule has 0 aliphatic heterocycles. The third kappa shape index (κ3) is 1.38. The number of phenolic OH excluding ortho intramolecular Hbond substituents is 1. The average Bonchev–Trinajstić information content (AvgIpc) is 2.14. The van der Waals surface area contributed by atoms with Gasteiger partial charge in [0.1, 0.15) is 5.52 Å². The van der Waals surface area contributed by atoms with E-state index in [9.17, 15) is 5.11 Å². The molecule has 0 aliphatic carbocycles. The maximum absolute atomic E-state index is 9.80. The van der Waals surface area contributed by atoms with Gasteiger partial charge >= 0.3 is 0 Å². The summed E-state index contributed by atoms with van der Waals surface area (Å²) in [5.41, 5.74) is 2.68. The van der Waals surface area contributed by atoms with E-state index in [0.29, 0.717) is 9.99 Å². The molecule has 2 aromatic rings. The first kappa shape index (κ1) is 9.46. The van der Waals surface area contributed by atoms with E-state index in [1.807, 2.05) is 32.0 Å². The SMILES string of the molecule is Cc1ccc2c(C)cc(Br)c(O)c2n1. The number of benzene rings is 1. The number of aromatic nitrogens is 1. The molecule has 0 atom stereocenters. The van der Waals surface area contributed by atoms with Gasteiger partial charge in [-0.2, -0.15) is 0 Å². The first-order valence-corrected chi connectivity index (χ1v) is 5.14. The van der Waals surface area contributed by atoms with Gasteiger partial charge in [-0.15, -0.1) is 0 Å². The lowest BCUT2D eigenvalue weighted by Gasteiger charge is -2.06. The highest BCUT2D eigenvalue weighted by molar-refractivity contribution is 9.10. The zero-order chi connectivity index (χ0) is 10.3. The minimum Gasteiger partial charge on any atom is -0.505 e. The van der Waals surface area contributed by atoms with Crippen LogP contribution in [0.25, 0.3) is 10.9 Å². The van der Waals surface area contributed by atoms with Gasteiger partial charge in [0.25, 0.3) is 0 Å². The highest BCUT2D eigenvalue weighted by atomic mass is 79.9. The lowest BCUT2D eigenvalue weighted by molar-refractivity contribution is 0.477. The summed E-state index contributed by atoms with van der Waals surface area (Å²) in [6.45, 7) is 3.92. The van der Waals surface area contributed by atoms with Gasteiger partial charge in [-0.25, -0.2) is 4.98 Å². The first-order chi connectivity index (χ1) is 6.59. The Kier molecular flexibility index (Phi) is 2.19. The number of hydrogen-bond donors (Lipinski definition) is 1. The third-order valence-corrected chi connectivity index (χ3v) is 2.86. The van der Waals surface area contributed by atoms with Gasteiger partial charge in [-0.1, -0.05) is 6.07 Å². The number of aryl methyl sites for hydroxylation is 2. The summed E-state index contributed by atoms with van der Waals surface area (Å²) in [6.07, 6.45) is 0. The molecule has 0 spiro atoms. The molecule has 3 heteroatoms. The van der Waals surface area contributed by atoms with Crippen molar-refractivity contribution >= 4 is 26.8 Å². The van der Waals surface area contributed by atoms with E-state index in [0.717, 1.165) is 16.6 Å². The molecule has 0 saturated heterocycles. The highest BCUT2D eigenvalue weighted by Gasteiger charge is 2.08. The van der Waals surface area contributed by atoms with Crippen LogP contribution in [-0.4, -0.2) is 10.1 Å². The molecular formula is C11H10BrNO. The molecule has 1 aromatic carbocycles. The number of pyridine rings is 1. The van der Waals surface area contributed by atoms with E-state index in [1.165, 1.54) is 0 Å². The van der Waals surface area contributed by atoms with Crippen LogP contribution in [0.15, 0.2) is 22.7 Å². The van der Waals surface area contributed by atoms with E-state index in [-0.39, 0.29) is 5.75 Å². The van der Waals surface area contributed by atoms with Crippen LogP contribution in [0.1, 0.15) is 11.3 Å². The largest absolute Gasteiger partial charge is 0.505 e. The standard InChI is InChI=1S/C11H10BrNO/c1-6-5-9(12)11(14)10-8(6)4-3-7(2)13-10/h3-5,14H,1-2H3. The molecule has 1 heterocycles. The van der Waals surface area contributed by atoms with Gasteiger partial charge in [0, 0.05) is 11.1 Å². The maximum Gasteiger partial charge on any atom is 0.156 e. The fourth-order valence-corrected chi connectivity index (χ4v) is 2.04. The number of aromatic hydroxyl groups is 1. The van der Waals surface area contributed by atoms with Crippen molar-refractivity contribution in [2.75, 3.05) is 0 Å². The molecule has 2 nitrogen and oxygen atoms in total. The third-order valence-electron chi connectivity index (χ3n) is 2.25. The molecule has 14 heavy (non-hydrogen) atoms. The number of rotatable bonds is 0. The predicted molar refractivity (Wildman–Crippen MR) is 60.6 cm³/mol. The Hall–Kier alpha value is -1.09. The molecule has 2 rings (SSSR count). The zero-order valence-corrected chi connectivity index (χ0v) is 9.59. The zero-order valence-electron chi connectivity index (χ0n) is 8.00. The Balaban J connectivity index is 2.95. The van der Waals surface area contributed by atoms with Gasteiger partial charge in [-0.3, -0.25) is 0 Å². The summed E-state index contributed by atoms with van der Waals surface area (Å²) in [6, 6.07) is 5.83. The summed E-state index contributed by atoms with van der Waals surface area (Å²) >= 11 is 3.30. The molecule has 0 fully saturated rings. The summed E-state index contributed by atoms with van der Waals surface area (Å²) in [7, 11) is 0. The van der Waals surface area contributed by atoms with Gasteiger partial charge < -0.3 is 5.11 Å². The van der Waals surface area contributed by atoms with Crippen molar-refractivity contribution < 1.29 is 5.11 Å². The van der Waals surface area contributed by atoms with Crippen molar-refractivity contribution in [3.8, 4) is 5.75 Å². The fraction of sp³-hybridized carbons (Fsp3) is 0.182. The van der Waals surface area contributed by atoms with Crippen LogP contribution in [0.5, 0.6) is 5.75 Å². The number of hydrogen-bond acceptors (Lipinski definition) is 2. The van der Waals surface area contributed by atoms with E-state index >= 15 is 0 Å². The average molecular weight is 252 g/mol. The van der Waals surface area contributed by atoms with Crippen LogP contribution in [0.4, 0.5) is 0 Å². The molecular weight excluding hydrogens is 242 g/mol. The molecule has 0 unspecified atom stereocenters. The van der Waals surface area contributed by atoms with Gasteiger partial charge in [0.2, 0.25) is 0 Å². The van der Waals surface area contributed by atoms with Crippen LogP contribution in [0, 0.1) is 13.8 Å². The Morgan fingerprint density at radius 3 is 2.71 bits per heavy atom. The highest BCUT2D eigenvalue weighted by Crippen LogP contribution is 2.33. The van der Waals surface area contributed by atoms with Crippen LogP contribution < -0.4 is 0 Å². The van der Waals surface area contributed by atoms with E-state index in [2.05, 4.69) is 20.9 Å². The minimum absolute atomic E-state index is 0.217. The summed E-state index contributed by atoms with van der Waals surface area (Å²) in [4.78, 5) is 4.32. The summed E-state index contributed by atoms with van der Waals surface area (Å²) in [5.74, 6) is 0.217. The molecule has 0 radical (unpaired) electrons. The summed E-state index contributed by atoms with van der Waals surface area (Å²) < 4.78 is 0.695. The molecule has 0 saturated carbocycles. The molecule has 0 aliphatic rings. The van der Waals surface area contributed by atoms with Gasteiger partial charge in [-0.05, 0) is 47.5 Å². The number of halogens is 1. The quantitative estimate of drug-likeness (QED) is 0.780. The fourth-order valence-electron chi connectivity index (χ4n) is 1.50. The Morgan fingerprint density at radius 2 is 2.00 bits per heavy atom. The minimum atomic E-state index is 0.217. The molecule has 0 amide bonds. The Morgan fingerprint density at radius 1 is 1.29 bits per heavy atom. The first-order valence-electron chi connectivity index (χ1n) is 4.35.